The van der Waals surface area contributed by atoms with E-state index in [9.17, 15) is 0 Å². The minimum absolute atomic E-state index is 0.346. The van der Waals surface area contributed by atoms with Crippen molar-refractivity contribution in [3.8, 4) is 11.5 Å². The van der Waals surface area contributed by atoms with Gasteiger partial charge in [0.15, 0.2) is 16.5 Å². The lowest BCUT2D eigenvalue weighted by Gasteiger charge is -2.09. The number of anilines is 1. The predicted octanol–water partition coefficient (Wildman–Crippen LogP) is 2.10. The van der Waals surface area contributed by atoms with Crippen LogP contribution in [0.25, 0.3) is 0 Å². The number of benzene rings is 1. The number of nitrogens with two attached hydrogens (primary N) is 1. The van der Waals surface area contributed by atoms with Crippen molar-refractivity contribution in [1.82, 2.24) is 10.2 Å². The highest BCUT2D eigenvalue weighted by molar-refractivity contribution is 7.15. The zero-order valence-electron chi connectivity index (χ0n) is 9.42. The third-order valence-corrected chi connectivity index (χ3v) is 2.71. The van der Waals surface area contributed by atoms with E-state index in [4.69, 9.17) is 15.2 Å². The first kappa shape index (κ1) is 11.7. The Labute approximate surface area is 103 Å². The normalized spacial score (nSPS) is 10.2. The van der Waals surface area contributed by atoms with Gasteiger partial charge in [-0.25, -0.2) is 0 Å². The Morgan fingerprint density at radius 3 is 2.47 bits per heavy atom. The summed E-state index contributed by atoms with van der Waals surface area (Å²) in [5.74, 6) is 1.43. The Morgan fingerprint density at radius 1 is 1.18 bits per heavy atom. The van der Waals surface area contributed by atoms with Gasteiger partial charge in [0.05, 0.1) is 6.61 Å². The van der Waals surface area contributed by atoms with Gasteiger partial charge in [0.1, 0.15) is 6.61 Å². The van der Waals surface area contributed by atoms with Crippen molar-refractivity contribution in [3.05, 3.63) is 29.3 Å². The van der Waals surface area contributed by atoms with Crippen molar-refractivity contribution in [2.24, 2.45) is 0 Å². The van der Waals surface area contributed by atoms with Crippen molar-refractivity contribution in [2.75, 3.05) is 12.3 Å². The lowest BCUT2D eigenvalue weighted by molar-refractivity contribution is 0.268. The maximum Gasteiger partial charge on any atom is 0.203 e. The number of nitrogens with zero attached hydrogens (tertiary/aromatic N) is 2. The molecule has 0 saturated heterocycles. The molecule has 6 heteroatoms. The molecule has 0 aliphatic heterocycles. The van der Waals surface area contributed by atoms with Crippen molar-refractivity contribution >= 4 is 16.5 Å². The molecule has 1 aromatic carbocycles. The SMILES string of the molecule is CCOc1ccccc1OCc1nnc(N)s1. The summed E-state index contributed by atoms with van der Waals surface area (Å²) in [5, 5.41) is 8.80. The average molecular weight is 251 g/mol. The lowest BCUT2D eigenvalue weighted by Crippen LogP contribution is -1.99. The van der Waals surface area contributed by atoms with Gasteiger partial charge in [-0.1, -0.05) is 23.5 Å². The molecule has 5 nitrogen and oxygen atoms in total. The third-order valence-electron chi connectivity index (χ3n) is 1.98. The summed E-state index contributed by atoms with van der Waals surface area (Å²) >= 11 is 1.32. The molecule has 0 amide bonds. The maximum absolute atomic E-state index is 5.62. The Bertz CT molecular complexity index is 487. The number of nitrogen functional groups attached to an aromatic ring is 1. The smallest absolute Gasteiger partial charge is 0.203 e. The monoisotopic (exact) mass is 251 g/mol. The number of aromatic nitrogens is 2. The average Bonchev–Trinajstić information content (AvgIpc) is 2.74. The largest absolute Gasteiger partial charge is 0.490 e. The van der Waals surface area contributed by atoms with E-state index < -0.39 is 0 Å². The van der Waals surface area contributed by atoms with Gasteiger partial charge >= 0.3 is 0 Å². The van der Waals surface area contributed by atoms with Crippen molar-refractivity contribution in [3.63, 3.8) is 0 Å². The van der Waals surface area contributed by atoms with Crippen LogP contribution in [0.4, 0.5) is 5.13 Å². The van der Waals surface area contributed by atoms with Crippen LogP contribution >= 0.6 is 11.3 Å². The zero-order valence-corrected chi connectivity index (χ0v) is 10.2. The second-order valence-corrected chi connectivity index (χ2v) is 4.30. The predicted molar refractivity (Wildman–Crippen MR) is 66.3 cm³/mol. The molecule has 17 heavy (non-hydrogen) atoms. The molecule has 0 fully saturated rings. The Balaban J connectivity index is 2.03. The number of ether oxygens (including phenoxy) is 2. The first-order chi connectivity index (χ1) is 8.29. The van der Waals surface area contributed by atoms with Gasteiger partial charge in [-0.15, -0.1) is 10.2 Å². The fraction of sp³-hybridized carbons (Fsp3) is 0.273. The summed E-state index contributed by atoms with van der Waals surface area (Å²) in [7, 11) is 0. The third kappa shape index (κ3) is 3.07. The second kappa shape index (κ2) is 5.49. The summed E-state index contributed by atoms with van der Waals surface area (Å²) in [5.41, 5.74) is 5.49. The molecule has 0 bridgehead atoms. The minimum Gasteiger partial charge on any atom is -0.490 e. The van der Waals surface area contributed by atoms with Crippen LogP contribution in [-0.4, -0.2) is 16.8 Å². The van der Waals surface area contributed by atoms with E-state index in [1.807, 2.05) is 31.2 Å². The van der Waals surface area contributed by atoms with E-state index in [1.165, 1.54) is 11.3 Å². The van der Waals surface area contributed by atoms with Crippen LogP contribution in [0.3, 0.4) is 0 Å². The van der Waals surface area contributed by atoms with Crippen LogP contribution in [0, 0.1) is 0 Å². The Morgan fingerprint density at radius 2 is 1.88 bits per heavy atom. The topological polar surface area (TPSA) is 70.3 Å². The van der Waals surface area contributed by atoms with Crippen LogP contribution in [0.1, 0.15) is 11.9 Å². The van der Waals surface area contributed by atoms with Crippen molar-refractivity contribution < 1.29 is 9.47 Å². The molecule has 0 spiro atoms. The quantitative estimate of drug-likeness (QED) is 0.881. The van der Waals surface area contributed by atoms with Gasteiger partial charge in [0, 0.05) is 0 Å². The van der Waals surface area contributed by atoms with Crippen LogP contribution in [0.15, 0.2) is 24.3 Å². The van der Waals surface area contributed by atoms with Crippen molar-refractivity contribution in [1.29, 1.82) is 0 Å². The summed E-state index contributed by atoms with van der Waals surface area (Å²) < 4.78 is 11.1. The van der Waals surface area contributed by atoms with Gasteiger partial charge in [-0.3, -0.25) is 0 Å². The van der Waals surface area contributed by atoms with E-state index in [2.05, 4.69) is 10.2 Å². The molecule has 2 N–H and O–H groups in total. The van der Waals surface area contributed by atoms with Gasteiger partial charge in [0.2, 0.25) is 5.13 Å². The van der Waals surface area contributed by atoms with Gasteiger partial charge in [0.25, 0.3) is 0 Å². The summed E-state index contributed by atoms with van der Waals surface area (Å²) in [4.78, 5) is 0. The van der Waals surface area contributed by atoms with E-state index in [1.54, 1.807) is 0 Å². The first-order valence-corrected chi connectivity index (χ1v) is 6.03. The molecule has 0 unspecified atom stereocenters. The van der Waals surface area contributed by atoms with Crippen molar-refractivity contribution in [2.45, 2.75) is 13.5 Å². The van der Waals surface area contributed by atoms with Crippen LogP contribution in [0.2, 0.25) is 0 Å². The fourth-order valence-electron chi connectivity index (χ4n) is 1.31. The highest BCUT2D eigenvalue weighted by Gasteiger charge is 2.06. The van der Waals surface area contributed by atoms with Crippen LogP contribution < -0.4 is 15.2 Å². The number of para-hydroxylation sites is 2. The highest BCUT2D eigenvalue weighted by Crippen LogP contribution is 2.27. The molecule has 2 rings (SSSR count). The minimum atomic E-state index is 0.346. The summed E-state index contributed by atoms with van der Waals surface area (Å²) in [6.45, 7) is 2.88. The van der Waals surface area contributed by atoms with Gasteiger partial charge in [-0.05, 0) is 19.1 Å². The summed E-state index contributed by atoms with van der Waals surface area (Å²) in [6.07, 6.45) is 0. The summed E-state index contributed by atoms with van der Waals surface area (Å²) in [6, 6.07) is 7.52. The number of hydrogen-bond acceptors (Lipinski definition) is 6. The van der Waals surface area contributed by atoms with Crippen LogP contribution in [-0.2, 0) is 6.61 Å². The fourth-order valence-corrected chi connectivity index (χ4v) is 1.83. The van der Waals surface area contributed by atoms with E-state index in [-0.39, 0.29) is 0 Å². The van der Waals surface area contributed by atoms with Gasteiger partial charge in [-0.2, -0.15) is 0 Å². The molecule has 2 aromatic rings. The number of hydrogen-bond donors (Lipinski definition) is 1. The molecule has 0 atom stereocenters. The molecular weight excluding hydrogens is 238 g/mol. The molecule has 1 heterocycles. The highest BCUT2D eigenvalue weighted by atomic mass is 32.1. The Kier molecular flexibility index (Phi) is 3.77. The molecule has 0 aliphatic carbocycles. The maximum atomic E-state index is 5.62. The second-order valence-electron chi connectivity index (χ2n) is 3.20. The number of rotatable bonds is 5. The molecule has 1 aromatic heterocycles. The van der Waals surface area contributed by atoms with Gasteiger partial charge < -0.3 is 15.2 Å². The van der Waals surface area contributed by atoms with E-state index in [0.29, 0.717) is 24.1 Å². The molecule has 90 valence electrons. The standard InChI is InChI=1S/C11H13N3O2S/c1-2-15-8-5-3-4-6-9(8)16-7-10-13-14-11(12)17-10/h3-6H,2,7H2,1H3,(H2,12,14). The molecule has 0 radical (unpaired) electrons. The molecular formula is C11H13N3O2S. The Hall–Kier alpha value is -1.82. The van der Waals surface area contributed by atoms with E-state index in [0.717, 1.165) is 10.8 Å². The van der Waals surface area contributed by atoms with E-state index >= 15 is 0 Å². The zero-order chi connectivity index (χ0) is 12.1. The first-order valence-electron chi connectivity index (χ1n) is 5.22. The molecule has 0 aliphatic rings. The van der Waals surface area contributed by atoms with Crippen LogP contribution in [0.5, 0.6) is 11.5 Å². The molecule has 0 saturated carbocycles. The lowest BCUT2D eigenvalue weighted by atomic mass is 10.3.